The van der Waals surface area contributed by atoms with E-state index in [0.29, 0.717) is 35.5 Å². The lowest BCUT2D eigenvalue weighted by molar-refractivity contribution is 0.214. The largest absolute Gasteiger partial charge is 0.465 e. The molecule has 2 heterocycles. The van der Waals surface area contributed by atoms with Gasteiger partial charge in [-0.3, -0.25) is 0 Å². The van der Waals surface area contributed by atoms with E-state index in [9.17, 15) is 8.42 Å². The molecular weight excluding hydrogens is 404 g/mol. The van der Waals surface area contributed by atoms with Gasteiger partial charge in [-0.15, -0.1) is 0 Å². The molecule has 29 heavy (non-hydrogen) atoms. The maximum Gasteiger partial charge on any atom is 0.273 e. The van der Waals surface area contributed by atoms with Crippen LogP contribution in [0.4, 0.5) is 0 Å². The molecule has 1 fully saturated rings. The molecule has 1 aromatic heterocycles. The lowest BCUT2D eigenvalue weighted by atomic mass is 9.89. The molecule has 1 atom stereocenters. The Morgan fingerprint density at radius 3 is 2.17 bits per heavy atom. The van der Waals surface area contributed by atoms with Gasteiger partial charge < -0.3 is 4.74 Å². The molecule has 7 heteroatoms. The highest BCUT2D eigenvalue weighted by atomic mass is 32.2. The first kappa shape index (κ1) is 22.2. The molecule has 0 saturated carbocycles. The van der Waals surface area contributed by atoms with Gasteiger partial charge >= 0.3 is 0 Å². The van der Waals surface area contributed by atoms with Crippen LogP contribution in [0.5, 0.6) is 5.19 Å². The van der Waals surface area contributed by atoms with Crippen molar-refractivity contribution in [3.63, 3.8) is 0 Å². The number of hydrogen-bond acceptors (Lipinski definition) is 5. The number of benzene rings is 1. The molecule has 2 aromatic rings. The summed E-state index contributed by atoms with van der Waals surface area (Å²) in [7, 11) is -3.61. The average molecular weight is 437 g/mol. The average Bonchev–Trinajstić information content (AvgIpc) is 3.33. The molecule has 1 aromatic carbocycles. The van der Waals surface area contributed by atoms with Gasteiger partial charge in [-0.1, -0.05) is 65.0 Å². The number of hydrogen-bond donors (Lipinski definition) is 0. The Morgan fingerprint density at radius 1 is 1.07 bits per heavy atom. The first-order chi connectivity index (χ1) is 13.6. The molecule has 0 bridgehead atoms. The molecule has 1 unspecified atom stereocenters. The van der Waals surface area contributed by atoms with Gasteiger partial charge in [0.25, 0.3) is 5.19 Å². The number of rotatable bonds is 7. The van der Waals surface area contributed by atoms with E-state index >= 15 is 0 Å². The van der Waals surface area contributed by atoms with Crippen molar-refractivity contribution in [3.05, 3.63) is 40.4 Å². The van der Waals surface area contributed by atoms with Gasteiger partial charge in [0.2, 0.25) is 10.0 Å². The van der Waals surface area contributed by atoms with Crippen molar-refractivity contribution in [3.8, 4) is 5.19 Å². The SMILES string of the molecule is CC(C)c1cc(C(C)C)c(S(=O)(=O)N2CCC(Oc3nccs3)C2)c(C(C)C)c1. The molecule has 0 spiro atoms. The van der Waals surface area contributed by atoms with Gasteiger partial charge in [0.05, 0.1) is 11.4 Å². The fourth-order valence-corrected chi connectivity index (χ4v) is 6.44. The fraction of sp³-hybridized carbons (Fsp3) is 0.591. The van der Waals surface area contributed by atoms with Gasteiger partial charge in [-0.2, -0.15) is 4.31 Å². The second-order valence-corrected chi connectivity index (χ2v) is 11.4. The molecular formula is C22H32N2O3S2. The van der Waals surface area contributed by atoms with E-state index in [4.69, 9.17) is 4.74 Å². The third kappa shape index (κ3) is 4.67. The Balaban J connectivity index is 1.99. The highest BCUT2D eigenvalue weighted by molar-refractivity contribution is 7.89. The molecule has 5 nitrogen and oxygen atoms in total. The van der Waals surface area contributed by atoms with Crippen LogP contribution >= 0.6 is 11.3 Å². The van der Waals surface area contributed by atoms with Gasteiger partial charge in [0.15, 0.2) is 0 Å². The van der Waals surface area contributed by atoms with E-state index in [1.807, 2.05) is 5.38 Å². The summed E-state index contributed by atoms with van der Waals surface area (Å²) in [5, 5.41) is 2.46. The summed E-state index contributed by atoms with van der Waals surface area (Å²) in [5.41, 5.74) is 3.04. The minimum absolute atomic E-state index is 0.126. The molecule has 0 N–H and O–H groups in total. The summed E-state index contributed by atoms with van der Waals surface area (Å²) in [4.78, 5) is 4.66. The molecule has 0 amide bonds. The van der Waals surface area contributed by atoms with Gasteiger partial charge in [-0.25, -0.2) is 13.4 Å². The van der Waals surface area contributed by atoms with Gasteiger partial charge in [0, 0.05) is 18.1 Å². The Labute approximate surface area is 179 Å². The van der Waals surface area contributed by atoms with Crippen molar-refractivity contribution in [1.29, 1.82) is 0 Å². The third-order valence-electron chi connectivity index (χ3n) is 5.46. The Morgan fingerprint density at radius 2 is 1.69 bits per heavy atom. The Hall–Kier alpha value is -1.44. The van der Waals surface area contributed by atoms with Gasteiger partial charge in [-0.05, 0) is 40.9 Å². The number of ether oxygens (including phenoxy) is 1. The van der Waals surface area contributed by atoms with Crippen LogP contribution in [0.3, 0.4) is 0 Å². The smallest absolute Gasteiger partial charge is 0.273 e. The first-order valence-corrected chi connectivity index (χ1v) is 12.7. The molecule has 1 aliphatic heterocycles. The second kappa shape index (κ2) is 8.74. The second-order valence-electron chi connectivity index (χ2n) is 8.68. The first-order valence-electron chi connectivity index (χ1n) is 10.3. The maximum atomic E-state index is 13.8. The predicted octanol–water partition coefficient (Wildman–Crippen LogP) is 5.36. The zero-order valence-corrected chi connectivity index (χ0v) is 19.8. The van der Waals surface area contributed by atoms with E-state index in [1.165, 1.54) is 16.9 Å². The number of sulfonamides is 1. The van der Waals surface area contributed by atoms with Crippen LogP contribution in [0.1, 0.15) is 82.4 Å². The zero-order chi connectivity index (χ0) is 21.3. The Kier molecular flexibility index (Phi) is 6.70. The van der Waals surface area contributed by atoms with Crippen molar-refractivity contribution < 1.29 is 13.2 Å². The van der Waals surface area contributed by atoms with Crippen molar-refractivity contribution in [1.82, 2.24) is 9.29 Å². The van der Waals surface area contributed by atoms with Crippen LogP contribution in [0.15, 0.2) is 28.6 Å². The molecule has 3 rings (SSSR count). The molecule has 0 aliphatic carbocycles. The Bertz CT molecular complexity index is 906. The van der Waals surface area contributed by atoms with Crippen LogP contribution in [-0.4, -0.2) is 36.9 Å². The third-order valence-corrected chi connectivity index (χ3v) is 8.12. The summed E-state index contributed by atoms with van der Waals surface area (Å²) in [6.07, 6.45) is 2.22. The van der Waals surface area contributed by atoms with Crippen LogP contribution in [0.25, 0.3) is 0 Å². The summed E-state index contributed by atoms with van der Waals surface area (Å²) in [5.74, 6) is 0.603. The monoisotopic (exact) mass is 436 g/mol. The van der Waals surface area contributed by atoms with Crippen LogP contribution < -0.4 is 4.74 Å². The molecule has 160 valence electrons. The van der Waals surface area contributed by atoms with E-state index < -0.39 is 10.0 Å². The van der Waals surface area contributed by atoms with Crippen LogP contribution in [-0.2, 0) is 10.0 Å². The van der Waals surface area contributed by atoms with Crippen LogP contribution in [0, 0.1) is 0 Å². The van der Waals surface area contributed by atoms with E-state index in [1.54, 1.807) is 10.5 Å². The summed E-state index contributed by atoms with van der Waals surface area (Å²) in [6, 6.07) is 4.18. The van der Waals surface area contributed by atoms with E-state index in [2.05, 4.69) is 58.7 Å². The van der Waals surface area contributed by atoms with Crippen molar-refractivity contribution >= 4 is 21.4 Å². The fourth-order valence-electron chi connectivity index (χ4n) is 3.74. The number of aromatic nitrogens is 1. The molecule has 0 radical (unpaired) electrons. The highest BCUT2D eigenvalue weighted by Gasteiger charge is 2.37. The summed E-state index contributed by atoms with van der Waals surface area (Å²) < 4.78 is 35.0. The predicted molar refractivity (Wildman–Crippen MR) is 119 cm³/mol. The lowest BCUT2D eigenvalue weighted by Crippen LogP contribution is -2.32. The van der Waals surface area contributed by atoms with E-state index in [-0.39, 0.29) is 17.9 Å². The molecule has 1 aliphatic rings. The van der Waals surface area contributed by atoms with Crippen molar-refractivity contribution in [2.45, 2.75) is 76.7 Å². The normalized spacial score (nSPS) is 18.3. The number of nitrogens with zero attached hydrogens (tertiary/aromatic N) is 2. The molecule has 1 saturated heterocycles. The standard InChI is InChI=1S/C22H32N2O3S2/c1-14(2)17-11-19(15(3)4)21(20(12-17)16(5)6)29(25,26)24-9-7-18(13-24)27-22-23-8-10-28-22/h8,10-12,14-16,18H,7,9,13H2,1-6H3. The zero-order valence-electron chi connectivity index (χ0n) is 18.2. The van der Waals surface area contributed by atoms with Gasteiger partial charge in [0.1, 0.15) is 6.10 Å². The number of thiazole rings is 1. The topological polar surface area (TPSA) is 59.5 Å². The quantitative estimate of drug-likeness (QED) is 0.587. The lowest BCUT2D eigenvalue weighted by Gasteiger charge is -2.26. The van der Waals surface area contributed by atoms with E-state index in [0.717, 1.165) is 11.1 Å². The van der Waals surface area contributed by atoms with Crippen molar-refractivity contribution in [2.75, 3.05) is 13.1 Å². The maximum absolute atomic E-state index is 13.8. The minimum atomic E-state index is -3.61. The summed E-state index contributed by atoms with van der Waals surface area (Å²) >= 11 is 1.43. The van der Waals surface area contributed by atoms with Crippen molar-refractivity contribution in [2.24, 2.45) is 0 Å². The minimum Gasteiger partial charge on any atom is -0.465 e. The summed E-state index contributed by atoms with van der Waals surface area (Å²) in [6.45, 7) is 13.4. The van der Waals surface area contributed by atoms with Crippen LogP contribution in [0.2, 0.25) is 0 Å². The highest BCUT2D eigenvalue weighted by Crippen LogP contribution is 2.37.